The fourth-order valence-electron chi connectivity index (χ4n) is 1.16. The van der Waals surface area contributed by atoms with Crippen LogP contribution < -0.4 is 11.1 Å². The third kappa shape index (κ3) is 3.64. The number of amides is 1. The van der Waals surface area contributed by atoms with Gasteiger partial charge in [-0.3, -0.25) is 4.79 Å². The Labute approximate surface area is 98.2 Å². The van der Waals surface area contributed by atoms with E-state index in [2.05, 4.69) is 21.2 Å². The highest BCUT2D eigenvalue weighted by Gasteiger charge is 2.09. The number of hydrogen-bond donors (Lipinski definition) is 2. The summed E-state index contributed by atoms with van der Waals surface area (Å²) in [4.78, 5) is 11.7. The van der Waals surface area contributed by atoms with Crippen LogP contribution in [0.2, 0.25) is 0 Å². The smallest absolute Gasteiger partial charge is 0.252 e. The Balaban J connectivity index is 2.77. The molecule has 0 heterocycles. The summed E-state index contributed by atoms with van der Waals surface area (Å²) < 4.78 is 0.801. The third-order valence-corrected chi connectivity index (χ3v) is 2.64. The first kappa shape index (κ1) is 12.2. The second-order valence-electron chi connectivity index (χ2n) is 3.67. The molecule has 4 heteroatoms. The lowest BCUT2D eigenvalue weighted by Gasteiger charge is -2.09. The van der Waals surface area contributed by atoms with Crippen LogP contribution in [-0.2, 0) is 0 Å². The van der Waals surface area contributed by atoms with Crippen molar-refractivity contribution in [2.24, 2.45) is 5.73 Å². The van der Waals surface area contributed by atoms with Gasteiger partial charge in [0.15, 0.2) is 0 Å². The fraction of sp³-hybridized carbons (Fsp3) is 0.364. The zero-order valence-corrected chi connectivity index (χ0v) is 10.5. The van der Waals surface area contributed by atoms with Gasteiger partial charge in [0, 0.05) is 17.1 Å². The van der Waals surface area contributed by atoms with Gasteiger partial charge in [-0.2, -0.15) is 0 Å². The minimum atomic E-state index is -0.0946. The third-order valence-electron chi connectivity index (χ3n) is 1.95. The van der Waals surface area contributed by atoms with Crippen LogP contribution in [0, 0.1) is 6.92 Å². The first-order valence-electron chi connectivity index (χ1n) is 4.80. The molecule has 15 heavy (non-hydrogen) atoms. The van der Waals surface area contributed by atoms with Crippen molar-refractivity contribution >= 4 is 21.8 Å². The monoisotopic (exact) mass is 270 g/mol. The Bertz CT molecular complexity index is 364. The summed E-state index contributed by atoms with van der Waals surface area (Å²) in [7, 11) is 0. The minimum Gasteiger partial charge on any atom is -0.350 e. The Morgan fingerprint density at radius 1 is 1.60 bits per heavy atom. The van der Waals surface area contributed by atoms with E-state index >= 15 is 0 Å². The van der Waals surface area contributed by atoms with Crippen LogP contribution >= 0.6 is 15.9 Å². The molecule has 0 aromatic heterocycles. The Morgan fingerprint density at radius 3 is 2.87 bits per heavy atom. The molecule has 1 aromatic rings. The average molecular weight is 271 g/mol. The van der Waals surface area contributed by atoms with E-state index in [0.717, 1.165) is 10.0 Å². The van der Waals surface area contributed by atoms with Gasteiger partial charge in [-0.25, -0.2) is 0 Å². The summed E-state index contributed by atoms with van der Waals surface area (Å²) in [6, 6.07) is 5.64. The van der Waals surface area contributed by atoms with Gasteiger partial charge < -0.3 is 11.1 Å². The van der Waals surface area contributed by atoms with Gasteiger partial charge in [0.25, 0.3) is 5.91 Å². The van der Waals surface area contributed by atoms with Gasteiger partial charge in [-0.15, -0.1) is 0 Å². The molecule has 0 bridgehead atoms. The first-order valence-corrected chi connectivity index (χ1v) is 5.60. The van der Waals surface area contributed by atoms with Crippen LogP contribution in [0.1, 0.15) is 22.8 Å². The van der Waals surface area contributed by atoms with Crippen molar-refractivity contribution in [3.05, 3.63) is 33.8 Å². The van der Waals surface area contributed by atoms with E-state index in [1.54, 1.807) is 0 Å². The summed E-state index contributed by atoms with van der Waals surface area (Å²) in [5, 5.41) is 2.77. The standard InChI is InChI=1S/C11H15BrN2O/c1-7-3-4-10(12)9(5-7)11(15)14-6-8(2)13/h3-5,8H,6,13H2,1-2H3,(H,14,15). The predicted octanol–water partition coefficient (Wildman–Crippen LogP) is 1.83. The van der Waals surface area contributed by atoms with E-state index in [0.29, 0.717) is 12.1 Å². The molecule has 0 aliphatic rings. The van der Waals surface area contributed by atoms with Gasteiger partial charge in [0.1, 0.15) is 0 Å². The molecule has 3 nitrogen and oxygen atoms in total. The number of carbonyl (C=O) groups excluding carboxylic acids is 1. The Morgan fingerprint density at radius 2 is 2.27 bits per heavy atom. The molecule has 1 atom stereocenters. The maximum absolute atomic E-state index is 11.7. The van der Waals surface area contributed by atoms with Crippen LogP contribution in [-0.4, -0.2) is 18.5 Å². The predicted molar refractivity (Wildman–Crippen MR) is 64.9 cm³/mol. The van der Waals surface area contributed by atoms with Crippen molar-refractivity contribution in [2.45, 2.75) is 19.9 Å². The van der Waals surface area contributed by atoms with Crippen LogP contribution in [0.5, 0.6) is 0 Å². The van der Waals surface area contributed by atoms with E-state index in [1.165, 1.54) is 0 Å². The van der Waals surface area contributed by atoms with Gasteiger partial charge in [0.2, 0.25) is 0 Å². The van der Waals surface area contributed by atoms with Crippen molar-refractivity contribution in [2.75, 3.05) is 6.54 Å². The topological polar surface area (TPSA) is 55.1 Å². The Hall–Kier alpha value is -0.870. The molecule has 3 N–H and O–H groups in total. The summed E-state index contributed by atoms with van der Waals surface area (Å²) >= 11 is 3.35. The number of carbonyl (C=O) groups is 1. The average Bonchev–Trinajstić information content (AvgIpc) is 2.18. The molecule has 1 aromatic carbocycles. The van der Waals surface area contributed by atoms with Crippen molar-refractivity contribution in [3.8, 4) is 0 Å². The SMILES string of the molecule is Cc1ccc(Br)c(C(=O)NCC(C)N)c1. The number of benzene rings is 1. The molecule has 0 spiro atoms. The maximum atomic E-state index is 11.7. The highest BCUT2D eigenvalue weighted by atomic mass is 79.9. The quantitative estimate of drug-likeness (QED) is 0.881. The summed E-state index contributed by atoms with van der Waals surface area (Å²) in [6.07, 6.45) is 0. The van der Waals surface area contributed by atoms with E-state index in [1.807, 2.05) is 32.0 Å². The molecule has 0 aliphatic heterocycles. The van der Waals surface area contributed by atoms with Gasteiger partial charge in [0.05, 0.1) is 5.56 Å². The van der Waals surface area contributed by atoms with E-state index < -0.39 is 0 Å². The normalized spacial score (nSPS) is 12.3. The number of aryl methyl sites for hydroxylation is 1. The van der Waals surface area contributed by atoms with E-state index in [9.17, 15) is 4.79 Å². The second-order valence-corrected chi connectivity index (χ2v) is 4.52. The minimum absolute atomic E-state index is 0.0301. The van der Waals surface area contributed by atoms with Crippen LogP contribution in [0.15, 0.2) is 22.7 Å². The molecular formula is C11H15BrN2O. The molecule has 0 saturated heterocycles. The lowest BCUT2D eigenvalue weighted by molar-refractivity contribution is 0.0951. The zero-order valence-electron chi connectivity index (χ0n) is 8.88. The maximum Gasteiger partial charge on any atom is 0.252 e. The van der Waals surface area contributed by atoms with Gasteiger partial charge >= 0.3 is 0 Å². The molecule has 1 unspecified atom stereocenters. The molecule has 0 aliphatic carbocycles. The molecule has 0 saturated carbocycles. The molecule has 1 rings (SSSR count). The number of nitrogens with two attached hydrogens (primary N) is 1. The largest absolute Gasteiger partial charge is 0.350 e. The summed E-state index contributed by atoms with van der Waals surface area (Å²) in [5.74, 6) is -0.0946. The van der Waals surface area contributed by atoms with Gasteiger partial charge in [-0.05, 0) is 41.9 Å². The second kappa shape index (κ2) is 5.28. The van der Waals surface area contributed by atoms with Gasteiger partial charge in [-0.1, -0.05) is 11.6 Å². The lowest BCUT2D eigenvalue weighted by Crippen LogP contribution is -2.35. The molecule has 82 valence electrons. The van der Waals surface area contributed by atoms with Crippen molar-refractivity contribution in [1.82, 2.24) is 5.32 Å². The molecule has 0 fully saturated rings. The fourth-order valence-corrected chi connectivity index (χ4v) is 1.59. The van der Waals surface area contributed by atoms with Crippen LogP contribution in [0.4, 0.5) is 0 Å². The molecule has 0 radical (unpaired) electrons. The number of hydrogen-bond acceptors (Lipinski definition) is 2. The Kier molecular flexibility index (Phi) is 4.29. The van der Waals surface area contributed by atoms with Crippen LogP contribution in [0.25, 0.3) is 0 Å². The van der Waals surface area contributed by atoms with Crippen molar-refractivity contribution in [3.63, 3.8) is 0 Å². The van der Waals surface area contributed by atoms with Crippen LogP contribution in [0.3, 0.4) is 0 Å². The number of nitrogens with one attached hydrogen (secondary N) is 1. The summed E-state index contributed by atoms with van der Waals surface area (Å²) in [6.45, 7) is 4.29. The zero-order chi connectivity index (χ0) is 11.4. The molecular weight excluding hydrogens is 256 g/mol. The first-order chi connectivity index (χ1) is 7.00. The van der Waals surface area contributed by atoms with E-state index in [4.69, 9.17) is 5.73 Å². The number of rotatable bonds is 3. The highest BCUT2D eigenvalue weighted by molar-refractivity contribution is 9.10. The number of halogens is 1. The lowest BCUT2D eigenvalue weighted by atomic mass is 10.1. The highest BCUT2D eigenvalue weighted by Crippen LogP contribution is 2.17. The van der Waals surface area contributed by atoms with E-state index in [-0.39, 0.29) is 11.9 Å². The summed E-state index contributed by atoms with van der Waals surface area (Å²) in [5.41, 5.74) is 7.27. The van der Waals surface area contributed by atoms with Crippen molar-refractivity contribution in [1.29, 1.82) is 0 Å². The van der Waals surface area contributed by atoms with Crippen molar-refractivity contribution < 1.29 is 4.79 Å². The molecule has 1 amide bonds.